The van der Waals surface area contributed by atoms with Gasteiger partial charge in [-0.2, -0.15) is 14.6 Å². The van der Waals surface area contributed by atoms with Gasteiger partial charge in [0, 0.05) is 16.3 Å². The van der Waals surface area contributed by atoms with Gasteiger partial charge in [-0.05, 0) is 55.8 Å². The zero-order chi connectivity index (χ0) is 20.9. The number of carbonyl (C=O) groups is 1. The Hall–Kier alpha value is -3.39. The van der Waals surface area contributed by atoms with Gasteiger partial charge in [-0.15, -0.1) is 0 Å². The molecular weight excluding hydrogens is 398 g/mol. The smallest absolute Gasteiger partial charge is 0.259 e. The van der Waals surface area contributed by atoms with Gasteiger partial charge in [-0.25, -0.2) is 4.98 Å². The van der Waals surface area contributed by atoms with Crippen molar-refractivity contribution in [3.05, 3.63) is 72.2 Å². The number of hydrogen-bond donors (Lipinski definition) is 1. The Morgan fingerprint density at radius 2 is 1.93 bits per heavy atom. The molecule has 1 N–H and O–H groups in total. The van der Waals surface area contributed by atoms with E-state index in [9.17, 15) is 4.79 Å². The molecule has 2 heterocycles. The fourth-order valence-corrected chi connectivity index (χ4v) is 3.87. The number of ether oxygens (including phenoxy) is 1. The van der Waals surface area contributed by atoms with Crippen molar-refractivity contribution in [3.63, 3.8) is 0 Å². The van der Waals surface area contributed by atoms with Crippen molar-refractivity contribution >= 4 is 29.1 Å². The lowest BCUT2D eigenvalue weighted by atomic mass is 10.2. The minimum absolute atomic E-state index is 0.203. The van der Waals surface area contributed by atoms with Gasteiger partial charge >= 0.3 is 0 Å². The molecule has 0 aliphatic heterocycles. The van der Waals surface area contributed by atoms with Gasteiger partial charge in [0.15, 0.2) is 0 Å². The minimum Gasteiger partial charge on any atom is -0.493 e. The molecule has 0 unspecified atom stereocenters. The molecule has 1 amide bonds. The zero-order valence-electron chi connectivity index (χ0n) is 16.7. The largest absolute Gasteiger partial charge is 0.493 e. The van der Waals surface area contributed by atoms with E-state index in [0.29, 0.717) is 29.4 Å². The number of aryl methyl sites for hydroxylation is 1. The van der Waals surface area contributed by atoms with E-state index in [4.69, 9.17) is 4.74 Å². The van der Waals surface area contributed by atoms with Crippen molar-refractivity contribution < 1.29 is 9.53 Å². The van der Waals surface area contributed by atoms with E-state index in [0.717, 1.165) is 22.0 Å². The molecule has 0 aliphatic rings. The number of amides is 1. The van der Waals surface area contributed by atoms with E-state index < -0.39 is 0 Å². The fourth-order valence-electron chi connectivity index (χ4n) is 2.95. The number of benzene rings is 2. The lowest BCUT2D eigenvalue weighted by Gasteiger charge is -2.11. The molecule has 2 aromatic heterocycles. The summed E-state index contributed by atoms with van der Waals surface area (Å²) >= 11 is 1.57. The van der Waals surface area contributed by atoms with Crippen molar-refractivity contribution in [2.45, 2.75) is 30.2 Å². The lowest BCUT2D eigenvalue weighted by molar-refractivity contribution is 0.102. The number of rotatable bonds is 7. The van der Waals surface area contributed by atoms with Crippen molar-refractivity contribution in [1.29, 1.82) is 0 Å². The molecule has 0 aliphatic carbocycles. The van der Waals surface area contributed by atoms with Crippen LogP contribution in [0.3, 0.4) is 0 Å². The van der Waals surface area contributed by atoms with Crippen LogP contribution in [0.1, 0.15) is 29.9 Å². The van der Waals surface area contributed by atoms with Crippen molar-refractivity contribution in [3.8, 4) is 5.75 Å². The molecule has 152 valence electrons. The molecule has 0 spiro atoms. The summed E-state index contributed by atoms with van der Waals surface area (Å²) in [5.74, 6) is 0.963. The number of nitrogens with one attached hydrogen (secondary N) is 1. The molecule has 7 nitrogen and oxygen atoms in total. The normalized spacial score (nSPS) is 10.9. The van der Waals surface area contributed by atoms with E-state index in [1.165, 1.54) is 6.33 Å². The average Bonchev–Trinajstić information content (AvgIpc) is 3.24. The summed E-state index contributed by atoms with van der Waals surface area (Å²) in [5.41, 5.74) is 2.19. The summed E-state index contributed by atoms with van der Waals surface area (Å²) in [6.07, 6.45) is 2.33. The van der Waals surface area contributed by atoms with Gasteiger partial charge in [-0.3, -0.25) is 4.79 Å². The van der Waals surface area contributed by atoms with Crippen LogP contribution >= 0.6 is 11.8 Å². The number of hydrogen-bond acceptors (Lipinski definition) is 6. The first kappa shape index (κ1) is 19.9. The molecule has 0 bridgehead atoms. The summed E-state index contributed by atoms with van der Waals surface area (Å²) in [6.45, 7) is 4.46. The van der Waals surface area contributed by atoms with Crippen LogP contribution in [-0.2, 0) is 6.42 Å². The monoisotopic (exact) mass is 419 g/mol. The third-order valence-electron chi connectivity index (χ3n) is 4.40. The van der Waals surface area contributed by atoms with Gasteiger partial charge < -0.3 is 10.1 Å². The Morgan fingerprint density at radius 3 is 2.70 bits per heavy atom. The Labute approximate surface area is 178 Å². The van der Waals surface area contributed by atoms with Crippen molar-refractivity contribution in [2.24, 2.45) is 0 Å². The minimum atomic E-state index is -0.203. The number of para-hydroxylation sites is 1. The second-order valence-electron chi connectivity index (χ2n) is 6.42. The highest BCUT2D eigenvalue weighted by Gasteiger charge is 2.13. The van der Waals surface area contributed by atoms with E-state index in [1.807, 2.05) is 49.4 Å². The molecular formula is C22H21N5O2S. The second kappa shape index (κ2) is 8.96. The van der Waals surface area contributed by atoms with Crippen LogP contribution in [0.4, 0.5) is 5.69 Å². The molecule has 0 saturated heterocycles. The molecule has 8 heteroatoms. The maximum absolute atomic E-state index is 12.7. The van der Waals surface area contributed by atoms with Gasteiger partial charge in [-0.1, -0.05) is 30.8 Å². The first-order valence-electron chi connectivity index (χ1n) is 9.68. The first-order chi connectivity index (χ1) is 14.7. The fraction of sp³-hybridized carbons (Fsp3) is 0.182. The van der Waals surface area contributed by atoms with Crippen LogP contribution in [0.5, 0.6) is 5.75 Å². The maximum atomic E-state index is 12.7. The number of carbonyl (C=O) groups excluding carboxylic acids is 1. The van der Waals surface area contributed by atoms with Crippen LogP contribution in [0.15, 0.2) is 70.8 Å². The Bertz CT molecular complexity index is 1170. The summed E-state index contributed by atoms with van der Waals surface area (Å²) in [5, 5.41) is 8.12. The SMILES string of the molecule is CCOc1ccccc1C(=O)Nc1ccc(Sc2cc(CC)nc3ncnn23)cc1. The highest BCUT2D eigenvalue weighted by atomic mass is 32.2. The van der Waals surface area contributed by atoms with Gasteiger partial charge in [0.25, 0.3) is 11.7 Å². The lowest BCUT2D eigenvalue weighted by Crippen LogP contribution is -2.13. The molecule has 30 heavy (non-hydrogen) atoms. The predicted molar refractivity (Wildman–Crippen MR) is 116 cm³/mol. The Balaban J connectivity index is 1.50. The van der Waals surface area contributed by atoms with Crippen LogP contribution in [0, 0.1) is 0 Å². The highest BCUT2D eigenvalue weighted by molar-refractivity contribution is 7.99. The van der Waals surface area contributed by atoms with Gasteiger partial charge in [0.05, 0.1) is 12.2 Å². The van der Waals surface area contributed by atoms with E-state index in [-0.39, 0.29) is 5.91 Å². The summed E-state index contributed by atoms with van der Waals surface area (Å²) in [4.78, 5) is 22.3. The van der Waals surface area contributed by atoms with E-state index in [1.54, 1.807) is 28.4 Å². The summed E-state index contributed by atoms with van der Waals surface area (Å²) in [7, 11) is 0. The van der Waals surface area contributed by atoms with Gasteiger partial charge in [0.1, 0.15) is 17.1 Å². The first-order valence-corrected chi connectivity index (χ1v) is 10.5. The van der Waals surface area contributed by atoms with Crippen LogP contribution < -0.4 is 10.1 Å². The average molecular weight is 420 g/mol. The summed E-state index contributed by atoms with van der Waals surface area (Å²) in [6, 6.07) is 16.9. The van der Waals surface area contributed by atoms with Gasteiger partial charge in [0.2, 0.25) is 0 Å². The van der Waals surface area contributed by atoms with Crippen LogP contribution in [-0.4, -0.2) is 32.1 Å². The Morgan fingerprint density at radius 1 is 1.13 bits per heavy atom. The van der Waals surface area contributed by atoms with Crippen LogP contribution in [0.2, 0.25) is 0 Å². The predicted octanol–water partition coefficient (Wildman–Crippen LogP) is 4.49. The third-order valence-corrected chi connectivity index (χ3v) is 5.41. The standard InChI is InChI=1S/C22H21N5O2S/c1-3-15-13-20(27-22(26-15)23-14-24-27)30-17-11-9-16(10-12-17)25-21(28)18-7-5-6-8-19(18)29-4-2/h5-14H,3-4H2,1-2H3,(H,25,28). The maximum Gasteiger partial charge on any atom is 0.259 e. The highest BCUT2D eigenvalue weighted by Crippen LogP contribution is 2.29. The number of anilines is 1. The molecule has 0 atom stereocenters. The van der Waals surface area contributed by atoms with Crippen molar-refractivity contribution in [2.75, 3.05) is 11.9 Å². The number of aromatic nitrogens is 4. The van der Waals surface area contributed by atoms with E-state index in [2.05, 4.69) is 27.3 Å². The number of nitrogens with zero attached hydrogens (tertiary/aromatic N) is 4. The molecule has 4 rings (SSSR count). The molecule has 0 fully saturated rings. The summed E-state index contributed by atoms with van der Waals surface area (Å²) < 4.78 is 7.27. The van der Waals surface area contributed by atoms with Crippen molar-refractivity contribution in [1.82, 2.24) is 19.6 Å². The second-order valence-corrected chi connectivity index (χ2v) is 7.51. The van der Waals surface area contributed by atoms with E-state index >= 15 is 0 Å². The third kappa shape index (κ3) is 4.28. The molecule has 0 radical (unpaired) electrons. The topological polar surface area (TPSA) is 81.4 Å². The quantitative estimate of drug-likeness (QED) is 0.445. The van der Waals surface area contributed by atoms with Crippen LogP contribution in [0.25, 0.3) is 5.78 Å². The number of fused-ring (bicyclic) bond motifs is 1. The zero-order valence-corrected chi connectivity index (χ0v) is 17.5. The molecule has 2 aromatic carbocycles. The molecule has 4 aromatic rings. The molecule has 0 saturated carbocycles. The Kier molecular flexibility index (Phi) is 5.94.